The molecule has 4 rings (SSSR count). The fraction of sp³-hybridized carbons (Fsp3) is 0.0952. The quantitative estimate of drug-likeness (QED) is 0.436. The minimum atomic E-state index is -0.138. The normalized spacial score (nSPS) is 10.9. The number of nitrogens with zero attached hydrogens (tertiary/aromatic N) is 3. The van der Waals surface area contributed by atoms with Crippen molar-refractivity contribution in [3.63, 3.8) is 0 Å². The van der Waals surface area contributed by atoms with Gasteiger partial charge in [-0.2, -0.15) is 4.80 Å². The second-order valence-corrected chi connectivity index (χ2v) is 7.56. The van der Waals surface area contributed by atoms with Crippen molar-refractivity contribution in [1.82, 2.24) is 15.0 Å². The number of amides is 1. The van der Waals surface area contributed by atoms with Crippen LogP contribution in [0.15, 0.2) is 60.7 Å². The highest BCUT2D eigenvalue weighted by Crippen LogP contribution is 2.20. The summed E-state index contributed by atoms with van der Waals surface area (Å²) >= 11 is 2.16. The number of aromatic nitrogens is 3. The van der Waals surface area contributed by atoms with Gasteiger partial charge in [-0.15, -0.1) is 10.2 Å². The Morgan fingerprint density at radius 1 is 0.926 bits per heavy atom. The van der Waals surface area contributed by atoms with Crippen molar-refractivity contribution in [3.8, 4) is 5.69 Å². The molecule has 0 bridgehead atoms. The first kappa shape index (κ1) is 17.7. The second-order valence-electron chi connectivity index (χ2n) is 6.40. The molecule has 1 heterocycles. The first-order valence-electron chi connectivity index (χ1n) is 8.52. The van der Waals surface area contributed by atoms with E-state index in [0.29, 0.717) is 11.3 Å². The summed E-state index contributed by atoms with van der Waals surface area (Å²) in [6.07, 6.45) is 0. The van der Waals surface area contributed by atoms with Crippen LogP contribution in [0.4, 0.5) is 5.69 Å². The number of aryl methyl sites for hydroxylation is 2. The maximum Gasteiger partial charge on any atom is 0.256 e. The van der Waals surface area contributed by atoms with Crippen LogP contribution in [-0.4, -0.2) is 20.9 Å². The molecule has 0 spiro atoms. The Morgan fingerprint density at radius 3 is 2.48 bits per heavy atom. The van der Waals surface area contributed by atoms with Gasteiger partial charge in [0.15, 0.2) is 0 Å². The van der Waals surface area contributed by atoms with Crippen LogP contribution in [0.1, 0.15) is 21.5 Å². The Labute approximate surface area is 170 Å². The van der Waals surface area contributed by atoms with E-state index in [0.717, 1.165) is 20.3 Å². The SMILES string of the molecule is Cc1ccc(-n2nc3ccc(NC(=O)c4ccccc4I)cc3n2)cc1C. The number of nitrogens with one attached hydrogen (secondary N) is 1. The summed E-state index contributed by atoms with van der Waals surface area (Å²) in [7, 11) is 0. The van der Waals surface area contributed by atoms with Crippen molar-refractivity contribution in [2.45, 2.75) is 13.8 Å². The van der Waals surface area contributed by atoms with Gasteiger partial charge < -0.3 is 5.32 Å². The average molecular weight is 468 g/mol. The zero-order valence-electron chi connectivity index (χ0n) is 14.9. The minimum absolute atomic E-state index is 0.138. The number of halogens is 1. The van der Waals surface area contributed by atoms with Gasteiger partial charge in [0.25, 0.3) is 5.91 Å². The number of benzene rings is 3. The predicted octanol–water partition coefficient (Wildman–Crippen LogP) is 4.89. The Hall–Kier alpha value is -2.74. The third kappa shape index (κ3) is 3.57. The zero-order chi connectivity index (χ0) is 19.0. The number of anilines is 1. The van der Waals surface area contributed by atoms with Gasteiger partial charge in [-0.3, -0.25) is 4.79 Å². The fourth-order valence-corrected chi connectivity index (χ4v) is 3.43. The molecule has 5 nitrogen and oxygen atoms in total. The number of hydrogen-bond donors (Lipinski definition) is 1. The molecule has 0 atom stereocenters. The van der Waals surface area contributed by atoms with Gasteiger partial charge in [0, 0.05) is 9.26 Å². The summed E-state index contributed by atoms with van der Waals surface area (Å²) in [6.45, 7) is 4.15. The van der Waals surface area contributed by atoms with Crippen molar-refractivity contribution in [3.05, 3.63) is 80.9 Å². The molecule has 134 valence electrons. The lowest BCUT2D eigenvalue weighted by atomic mass is 10.1. The number of rotatable bonds is 3. The van der Waals surface area contributed by atoms with Crippen LogP contribution in [0.2, 0.25) is 0 Å². The molecule has 27 heavy (non-hydrogen) atoms. The Kier molecular flexibility index (Phi) is 4.65. The van der Waals surface area contributed by atoms with Gasteiger partial charge in [0.05, 0.1) is 11.3 Å². The van der Waals surface area contributed by atoms with Crippen LogP contribution < -0.4 is 5.32 Å². The van der Waals surface area contributed by atoms with Crippen molar-refractivity contribution >= 4 is 45.2 Å². The molecule has 0 saturated carbocycles. The molecule has 1 aromatic heterocycles. The van der Waals surface area contributed by atoms with E-state index in [-0.39, 0.29) is 5.91 Å². The van der Waals surface area contributed by atoms with E-state index in [2.05, 4.69) is 64.1 Å². The van der Waals surface area contributed by atoms with Crippen molar-refractivity contribution < 1.29 is 4.79 Å². The van der Waals surface area contributed by atoms with E-state index in [1.807, 2.05) is 48.5 Å². The van der Waals surface area contributed by atoms with E-state index in [4.69, 9.17) is 0 Å². The Bertz CT molecular complexity index is 1170. The van der Waals surface area contributed by atoms with Crippen molar-refractivity contribution in [2.75, 3.05) is 5.32 Å². The molecule has 0 aliphatic heterocycles. The summed E-state index contributed by atoms with van der Waals surface area (Å²) in [5, 5.41) is 12.0. The third-order valence-electron chi connectivity index (χ3n) is 4.48. The van der Waals surface area contributed by atoms with Gasteiger partial charge in [-0.1, -0.05) is 18.2 Å². The summed E-state index contributed by atoms with van der Waals surface area (Å²) in [5.74, 6) is -0.138. The van der Waals surface area contributed by atoms with Crippen molar-refractivity contribution in [2.24, 2.45) is 0 Å². The second kappa shape index (κ2) is 7.11. The van der Waals surface area contributed by atoms with Crippen LogP contribution in [0.25, 0.3) is 16.7 Å². The van der Waals surface area contributed by atoms with E-state index >= 15 is 0 Å². The first-order chi connectivity index (χ1) is 13.0. The van der Waals surface area contributed by atoms with E-state index < -0.39 is 0 Å². The van der Waals surface area contributed by atoms with Crippen LogP contribution in [-0.2, 0) is 0 Å². The zero-order valence-corrected chi connectivity index (χ0v) is 17.1. The summed E-state index contributed by atoms with van der Waals surface area (Å²) in [6, 6.07) is 19.2. The molecule has 0 saturated heterocycles. The Morgan fingerprint density at radius 2 is 1.70 bits per heavy atom. The lowest BCUT2D eigenvalue weighted by Crippen LogP contribution is -2.13. The third-order valence-corrected chi connectivity index (χ3v) is 5.42. The molecule has 0 unspecified atom stereocenters. The number of fused-ring (bicyclic) bond motifs is 1. The highest BCUT2D eigenvalue weighted by atomic mass is 127. The van der Waals surface area contributed by atoms with Gasteiger partial charge in [0.2, 0.25) is 0 Å². The number of hydrogen-bond acceptors (Lipinski definition) is 3. The number of carbonyl (C=O) groups excluding carboxylic acids is 1. The maximum absolute atomic E-state index is 12.5. The minimum Gasteiger partial charge on any atom is -0.322 e. The molecule has 0 aliphatic carbocycles. The molecule has 0 fully saturated rings. The Balaban J connectivity index is 1.64. The van der Waals surface area contributed by atoms with Crippen LogP contribution in [0, 0.1) is 17.4 Å². The van der Waals surface area contributed by atoms with Crippen LogP contribution in [0.3, 0.4) is 0 Å². The molecule has 1 amide bonds. The molecular weight excluding hydrogens is 451 g/mol. The molecular formula is C21H17IN4O. The molecule has 0 radical (unpaired) electrons. The largest absolute Gasteiger partial charge is 0.322 e. The maximum atomic E-state index is 12.5. The van der Waals surface area contributed by atoms with Crippen LogP contribution in [0.5, 0.6) is 0 Å². The lowest BCUT2D eigenvalue weighted by molar-refractivity contribution is 0.102. The fourth-order valence-electron chi connectivity index (χ4n) is 2.80. The molecule has 4 aromatic rings. The topological polar surface area (TPSA) is 59.8 Å². The highest BCUT2D eigenvalue weighted by Gasteiger charge is 2.11. The summed E-state index contributed by atoms with van der Waals surface area (Å²) < 4.78 is 0.911. The van der Waals surface area contributed by atoms with Crippen LogP contribution >= 0.6 is 22.6 Å². The van der Waals surface area contributed by atoms with Gasteiger partial charge in [-0.25, -0.2) is 0 Å². The first-order valence-corrected chi connectivity index (χ1v) is 9.60. The molecule has 1 N–H and O–H groups in total. The monoisotopic (exact) mass is 468 g/mol. The highest BCUT2D eigenvalue weighted by molar-refractivity contribution is 14.1. The van der Waals surface area contributed by atoms with E-state index in [1.54, 1.807) is 4.80 Å². The predicted molar refractivity (Wildman–Crippen MR) is 115 cm³/mol. The van der Waals surface area contributed by atoms with Gasteiger partial charge in [-0.05, 0) is 90.0 Å². The van der Waals surface area contributed by atoms with Gasteiger partial charge in [0.1, 0.15) is 11.0 Å². The van der Waals surface area contributed by atoms with Gasteiger partial charge >= 0.3 is 0 Å². The molecule has 6 heteroatoms. The summed E-state index contributed by atoms with van der Waals surface area (Å²) in [4.78, 5) is 14.1. The van der Waals surface area contributed by atoms with Crippen molar-refractivity contribution in [1.29, 1.82) is 0 Å². The van der Waals surface area contributed by atoms with E-state index in [9.17, 15) is 4.79 Å². The lowest BCUT2D eigenvalue weighted by Gasteiger charge is -2.06. The smallest absolute Gasteiger partial charge is 0.256 e. The molecule has 3 aromatic carbocycles. The average Bonchev–Trinajstić information content (AvgIpc) is 3.07. The summed E-state index contributed by atoms with van der Waals surface area (Å²) in [5.41, 5.74) is 6.19. The molecule has 0 aliphatic rings. The number of carbonyl (C=O) groups is 1. The standard InChI is InChI=1S/C21H17IN4O/c1-13-7-9-16(11-14(13)2)26-24-19-10-8-15(12-20(19)25-26)23-21(27)17-5-3-4-6-18(17)22/h3-12H,1-2H3,(H,23,27). The van der Waals surface area contributed by atoms with E-state index in [1.165, 1.54) is 11.1 Å².